The van der Waals surface area contributed by atoms with Gasteiger partial charge >= 0.3 is 0 Å². The molecule has 0 amide bonds. The van der Waals surface area contributed by atoms with Crippen LogP contribution in [0.4, 0.5) is 4.39 Å². The Kier molecular flexibility index (Phi) is 19.9. The van der Waals surface area contributed by atoms with Gasteiger partial charge in [0.2, 0.25) is 0 Å². The number of aryl methyl sites for hydroxylation is 3. The van der Waals surface area contributed by atoms with Crippen LogP contribution in [0.5, 0.6) is 0 Å². The molecule has 2 heterocycles. The molecule has 0 radical (unpaired) electrons. The average molecular weight is 469 g/mol. The van der Waals surface area contributed by atoms with Crippen molar-refractivity contribution in [2.45, 2.75) is 76.2 Å². The van der Waals surface area contributed by atoms with Crippen LogP contribution in [-0.2, 0) is 0 Å². The van der Waals surface area contributed by atoms with Gasteiger partial charge in [-0.2, -0.15) is 5.10 Å². The first-order chi connectivity index (χ1) is 16.6. The van der Waals surface area contributed by atoms with Gasteiger partial charge < -0.3 is 4.42 Å². The van der Waals surface area contributed by atoms with E-state index in [2.05, 4.69) is 37.1 Å². The smallest absolute Gasteiger partial charge is 0.137 e. The first-order valence-electron chi connectivity index (χ1n) is 12.4. The van der Waals surface area contributed by atoms with Gasteiger partial charge in [-0.3, -0.25) is 0 Å². The van der Waals surface area contributed by atoms with Gasteiger partial charge in [0, 0.05) is 12.4 Å². The number of rotatable bonds is 2. The van der Waals surface area contributed by atoms with Crippen LogP contribution >= 0.6 is 0 Å². The van der Waals surface area contributed by atoms with Crippen molar-refractivity contribution in [2.75, 3.05) is 0 Å². The largest absolute Gasteiger partial charge is 0.464 e. The van der Waals surface area contributed by atoms with Crippen LogP contribution in [-0.4, -0.2) is 9.78 Å². The summed E-state index contributed by atoms with van der Waals surface area (Å²) in [5.41, 5.74) is 5.17. The van der Waals surface area contributed by atoms with E-state index in [0.717, 1.165) is 11.3 Å². The van der Waals surface area contributed by atoms with Crippen LogP contribution in [0.1, 0.15) is 72.1 Å². The molecule has 34 heavy (non-hydrogen) atoms. The first-order valence-corrected chi connectivity index (χ1v) is 12.4. The molecular formula is C30H45FN2O. The lowest BCUT2D eigenvalue weighted by molar-refractivity contribution is 0.568. The Morgan fingerprint density at radius 3 is 1.82 bits per heavy atom. The average Bonchev–Trinajstić information content (AvgIpc) is 3.62. The van der Waals surface area contributed by atoms with Gasteiger partial charge in [0.15, 0.2) is 0 Å². The third kappa shape index (κ3) is 10.7. The number of furan rings is 1. The number of nitrogens with zero attached hydrogens (tertiary/aromatic N) is 2. The maximum absolute atomic E-state index is 13.4. The summed E-state index contributed by atoms with van der Waals surface area (Å²) >= 11 is 0. The van der Waals surface area contributed by atoms with Crippen molar-refractivity contribution in [2.24, 2.45) is 0 Å². The number of benzene rings is 2. The molecule has 0 aliphatic rings. The molecule has 2 aromatic carbocycles. The zero-order valence-corrected chi connectivity index (χ0v) is 23.1. The minimum absolute atomic E-state index is 0.241. The quantitative estimate of drug-likeness (QED) is 0.293. The molecular weight excluding hydrogens is 423 g/mol. The van der Waals surface area contributed by atoms with Gasteiger partial charge in [0.1, 0.15) is 11.6 Å². The molecule has 2 aromatic heterocycles. The predicted molar refractivity (Wildman–Crippen MR) is 147 cm³/mol. The molecule has 4 rings (SSSR count). The van der Waals surface area contributed by atoms with E-state index in [9.17, 15) is 4.39 Å². The van der Waals surface area contributed by atoms with Crippen LogP contribution in [0.2, 0.25) is 0 Å². The fraction of sp³-hybridized carbons (Fsp3) is 0.367. The summed E-state index contributed by atoms with van der Waals surface area (Å²) in [4.78, 5) is 0. The topological polar surface area (TPSA) is 31.0 Å². The van der Waals surface area contributed by atoms with E-state index >= 15 is 0 Å². The first kappa shape index (κ1) is 33.0. The summed E-state index contributed by atoms with van der Waals surface area (Å²) in [6.45, 7) is 22.1. The van der Waals surface area contributed by atoms with E-state index in [-0.39, 0.29) is 5.82 Å². The highest BCUT2D eigenvalue weighted by molar-refractivity contribution is 5.62. The Hall–Kier alpha value is -3.14. The second-order valence-corrected chi connectivity index (χ2v) is 6.13. The fourth-order valence-corrected chi connectivity index (χ4v) is 2.65. The monoisotopic (exact) mass is 468 g/mol. The number of hydrogen-bond donors (Lipinski definition) is 0. The summed E-state index contributed by atoms with van der Waals surface area (Å²) in [6, 6.07) is 16.8. The third-order valence-electron chi connectivity index (χ3n) is 4.25. The molecule has 188 valence electrons. The van der Waals surface area contributed by atoms with Crippen molar-refractivity contribution in [1.82, 2.24) is 9.78 Å². The normalized spacial score (nSPS) is 8.59. The van der Waals surface area contributed by atoms with E-state index in [0.29, 0.717) is 11.3 Å². The Morgan fingerprint density at radius 2 is 1.35 bits per heavy atom. The van der Waals surface area contributed by atoms with Crippen molar-refractivity contribution >= 4 is 0 Å². The maximum atomic E-state index is 13.4. The molecule has 0 unspecified atom stereocenters. The summed E-state index contributed by atoms with van der Waals surface area (Å²) in [7, 11) is 0. The second kappa shape index (κ2) is 20.5. The molecule has 3 nitrogen and oxygen atoms in total. The lowest BCUT2D eigenvalue weighted by Crippen LogP contribution is -1.95. The highest BCUT2D eigenvalue weighted by atomic mass is 19.1. The van der Waals surface area contributed by atoms with E-state index in [1.54, 1.807) is 30.7 Å². The van der Waals surface area contributed by atoms with Gasteiger partial charge in [-0.1, -0.05) is 73.6 Å². The number of aromatic nitrogens is 2. The van der Waals surface area contributed by atoms with E-state index in [1.807, 2.05) is 85.3 Å². The van der Waals surface area contributed by atoms with Gasteiger partial charge in [0.05, 0.1) is 17.5 Å². The number of hydrogen-bond acceptors (Lipinski definition) is 2. The van der Waals surface area contributed by atoms with Crippen molar-refractivity contribution < 1.29 is 8.81 Å². The van der Waals surface area contributed by atoms with Crippen molar-refractivity contribution in [1.29, 1.82) is 0 Å². The van der Waals surface area contributed by atoms with Gasteiger partial charge in [-0.15, -0.1) is 0 Å². The van der Waals surface area contributed by atoms with Gasteiger partial charge in [-0.05, 0) is 73.9 Å². The minimum Gasteiger partial charge on any atom is -0.464 e. The van der Waals surface area contributed by atoms with E-state index in [4.69, 9.17) is 4.42 Å². The molecule has 0 fully saturated rings. The molecule has 0 saturated heterocycles. The SMILES string of the molecule is CC.CC.CC.CC.Cc1ccc(-n2cccn2)cc1C.Cc1cccc(F)c1-c1ccco1. The Morgan fingerprint density at radius 1 is 0.706 bits per heavy atom. The lowest BCUT2D eigenvalue weighted by atomic mass is 10.1. The molecule has 4 aromatic rings. The highest BCUT2D eigenvalue weighted by Gasteiger charge is 2.09. The van der Waals surface area contributed by atoms with E-state index in [1.165, 1.54) is 17.2 Å². The van der Waals surface area contributed by atoms with E-state index < -0.39 is 0 Å². The second-order valence-electron chi connectivity index (χ2n) is 6.13. The van der Waals surface area contributed by atoms with Gasteiger partial charge in [-0.25, -0.2) is 9.07 Å². The zero-order chi connectivity index (χ0) is 26.5. The summed E-state index contributed by atoms with van der Waals surface area (Å²) in [5, 5.41) is 4.17. The third-order valence-corrected chi connectivity index (χ3v) is 4.25. The minimum atomic E-state index is -0.241. The molecule has 0 bridgehead atoms. The maximum Gasteiger partial charge on any atom is 0.137 e. The Balaban J connectivity index is 0. The van der Waals surface area contributed by atoms with Crippen molar-refractivity contribution in [3.05, 3.63) is 95.8 Å². The molecule has 0 aliphatic heterocycles. The lowest BCUT2D eigenvalue weighted by Gasteiger charge is -2.04. The fourth-order valence-electron chi connectivity index (χ4n) is 2.65. The molecule has 0 saturated carbocycles. The molecule has 4 heteroatoms. The summed E-state index contributed by atoms with van der Waals surface area (Å²) < 4.78 is 20.4. The highest BCUT2D eigenvalue weighted by Crippen LogP contribution is 2.26. The number of halogens is 1. The van der Waals surface area contributed by atoms with Crippen LogP contribution in [0, 0.1) is 26.6 Å². The van der Waals surface area contributed by atoms with Crippen molar-refractivity contribution in [3.8, 4) is 17.0 Å². The summed E-state index contributed by atoms with van der Waals surface area (Å²) in [6.07, 6.45) is 5.28. The van der Waals surface area contributed by atoms with Crippen LogP contribution < -0.4 is 0 Å². The molecule has 0 aliphatic carbocycles. The predicted octanol–water partition coefficient (Wildman–Crippen LogP) is 9.99. The van der Waals surface area contributed by atoms with Crippen LogP contribution in [0.3, 0.4) is 0 Å². The van der Waals surface area contributed by atoms with Crippen LogP contribution in [0.15, 0.2) is 77.7 Å². The summed E-state index contributed by atoms with van der Waals surface area (Å²) in [5.74, 6) is 0.338. The Bertz CT molecular complexity index is 955. The van der Waals surface area contributed by atoms with Crippen LogP contribution in [0.25, 0.3) is 17.0 Å². The molecule has 0 atom stereocenters. The molecule has 0 N–H and O–H groups in total. The Labute approximate surface area is 207 Å². The standard InChI is InChI=1S/C11H9FO.C11H12N2.4C2H6/c1-8-4-2-5-9(12)11(8)10-6-3-7-13-10;1-9-4-5-11(8-10(9)2)13-7-3-6-12-13;4*1-2/h2-7H,1H3;3-8H,1-2H3;4*1-2H3. The zero-order valence-electron chi connectivity index (χ0n) is 23.1. The van der Waals surface area contributed by atoms with Crippen molar-refractivity contribution in [3.63, 3.8) is 0 Å². The van der Waals surface area contributed by atoms with Gasteiger partial charge in [0.25, 0.3) is 0 Å². The molecule has 0 spiro atoms.